The molecule has 2 N–H and O–H groups in total. The number of aromatic nitrogens is 2. The first-order valence-electron chi connectivity index (χ1n) is 4.74. The van der Waals surface area contributed by atoms with Gasteiger partial charge in [0.2, 0.25) is 0 Å². The van der Waals surface area contributed by atoms with E-state index < -0.39 is 10.0 Å². The number of hydrogen-bond donors (Lipinski definition) is 2. The molecule has 2 rings (SSSR count). The number of nitrogens with zero attached hydrogens (tertiary/aromatic N) is 2. The van der Waals surface area contributed by atoms with Gasteiger partial charge in [-0.25, -0.2) is 4.98 Å². The molecule has 0 unspecified atom stereocenters. The van der Waals surface area contributed by atoms with Crippen LogP contribution in [0.4, 0.5) is 5.69 Å². The van der Waals surface area contributed by atoms with E-state index in [0.717, 1.165) is 0 Å². The molecular formula is C10H7BrN4O2S. The highest BCUT2D eigenvalue weighted by Crippen LogP contribution is 2.23. The van der Waals surface area contributed by atoms with Crippen molar-refractivity contribution >= 4 is 31.6 Å². The molecule has 1 aromatic carbocycles. The van der Waals surface area contributed by atoms with Gasteiger partial charge in [0.05, 0.1) is 23.8 Å². The number of imidazole rings is 1. The average molecular weight is 327 g/mol. The first-order valence-corrected chi connectivity index (χ1v) is 7.01. The van der Waals surface area contributed by atoms with Crippen molar-refractivity contribution in [2.24, 2.45) is 0 Å². The SMILES string of the molecule is N#Cc1ccc(Br)cc1NS(=O)(=O)c1cnc[nH]1. The molecule has 6 nitrogen and oxygen atoms in total. The molecule has 18 heavy (non-hydrogen) atoms. The highest BCUT2D eigenvalue weighted by molar-refractivity contribution is 9.10. The van der Waals surface area contributed by atoms with Gasteiger partial charge in [0, 0.05) is 4.47 Å². The zero-order valence-corrected chi connectivity index (χ0v) is 11.3. The standard InChI is InChI=1S/C10H7BrN4O2S/c11-8-2-1-7(4-12)9(3-8)15-18(16,17)10-5-13-6-14-10/h1-3,5-6,15H,(H,13,14). The number of hydrogen-bond acceptors (Lipinski definition) is 4. The molecule has 92 valence electrons. The second kappa shape index (κ2) is 4.80. The molecule has 0 aliphatic carbocycles. The molecule has 0 atom stereocenters. The maximum Gasteiger partial charge on any atom is 0.279 e. The fraction of sp³-hybridized carbons (Fsp3) is 0. The number of nitriles is 1. The Morgan fingerprint density at radius 2 is 2.22 bits per heavy atom. The van der Waals surface area contributed by atoms with Crippen LogP contribution in [0, 0.1) is 11.3 Å². The molecule has 0 amide bonds. The van der Waals surface area contributed by atoms with Gasteiger partial charge in [0.25, 0.3) is 10.0 Å². The predicted molar refractivity (Wildman–Crippen MR) is 68.3 cm³/mol. The summed E-state index contributed by atoms with van der Waals surface area (Å²) in [6.45, 7) is 0. The number of sulfonamides is 1. The van der Waals surface area contributed by atoms with Gasteiger partial charge in [0.15, 0.2) is 5.03 Å². The molecule has 1 heterocycles. The number of aromatic amines is 1. The maximum atomic E-state index is 11.9. The summed E-state index contributed by atoms with van der Waals surface area (Å²) >= 11 is 3.22. The molecule has 0 aliphatic heterocycles. The fourth-order valence-corrected chi connectivity index (χ4v) is 2.63. The number of rotatable bonds is 3. The molecule has 2 aromatic rings. The van der Waals surface area contributed by atoms with Crippen molar-refractivity contribution in [2.45, 2.75) is 5.03 Å². The van der Waals surface area contributed by atoms with E-state index in [1.165, 1.54) is 24.7 Å². The van der Waals surface area contributed by atoms with Gasteiger partial charge in [-0.3, -0.25) is 4.72 Å². The predicted octanol–water partition coefficient (Wildman–Crippen LogP) is 1.84. The van der Waals surface area contributed by atoms with Crippen molar-refractivity contribution in [1.29, 1.82) is 5.26 Å². The van der Waals surface area contributed by atoms with Gasteiger partial charge in [-0.05, 0) is 18.2 Å². The van der Waals surface area contributed by atoms with Crippen LogP contribution >= 0.6 is 15.9 Å². The summed E-state index contributed by atoms with van der Waals surface area (Å²) in [5.41, 5.74) is 0.447. The van der Waals surface area contributed by atoms with E-state index in [-0.39, 0.29) is 16.3 Å². The Hall–Kier alpha value is -1.85. The van der Waals surface area contributed by atoms with Crippen molar-refractivity contribution in [3.8, 4) is 6.07 Å². The lowest BCUT2D eigenvalue weighted by molar-refractivity contribution is 0.598. The first kappa shape index (κ1) is 12.6. The summed E-state index contributed by atoms with van der Waals surface area (Å²) in [5.74, 6) is 0. The second-order valence-corrected chi connectivity index (χ2v) is 5.89. The highest BCUT2D eigenvalue weighted by atomic mass is 79.9. The van der Waals surface area contributed by atoms with E-state index in [1.54, 1.807) is 6.07 Å². The summed E-state index contributed by atoms with van der Waals surface area (Å²) in [4.78, 5) is 6.13. The minimum absolute atomic E-state index is 0.0636. The van der Waals surface area contributed by atoms with Crippen LogP contribution in [0.25, 0.3) is 0 Å². The Morgan fingerprint density at radius 1 is 1.44 bits per heavy atom. The molecular weight excluding hydrogens is 320 g/mol. The smallest absolute Gasteiger partial charge is 0.279 e. The number of anilines is 1. The Kier molecular flexibility index (Phi) is 3.36. The van der Waals surface area contributed by atoms with Crippen LogP contribution in [0.5, 0.6) is 0 Å². The van der Waals surface area contributed by atoms with Crippen LogP contribution in [-0.4, -0.2) is 18.4 Å². The monoisotopic (exact) mass is 326 g/mol. The molecule has 0 bridgehead atoms. The van der Waals surface area contributed by atoms with Crippen LogP contribution in [0.3, 0.4) is 0 Å². The number of benzene rings is 1. The molecule has 0 aliphatic rings. The third-order valence-electron chi connectivity index (χ3n) is 2.11. The van der Waals surface area contributed by atoms with E-state index in [4.69, 9.17) is 5.26 Å². The van der Waals surface area contributed by atoms with E-state index in [2.05, 4.69) is 30.6 Å². The summed E-state index contributed by atoms with van der Waals surface area (Å²) in [7, 11) is -3.76. The minimum atomic E-state index is -3.76. The number of nitrogens with one attached hydrogen (secondary N) is 2. The van der Waals surface area contributed by atoms with Gasteiger partial charge in [-0.1, -0.05) is 15.9 Å². The first-order chi connectivity index (χ1) is 8.53. The van der Waals surface area contributed by atoms with E-state index >= 15 is 0 Å². The fourth-order valence-electron chi connectivity index (χ4n) is 1.29. The largest absolute Gasteiger partial charge is 0.334 e. The Morgan fingerprint density at radius 3 is 2.83 bits per heavy atom. The Bertz CT molecular complexity index is 704. The van der Waals surface area contributed by atoms with Crippen LogP contribution in [0.1, 0.15) is 5.56 Å². The van der Waals surface area contributed by atoms with Crippen LogP contribution in [0.15, 0.2) is 40.2 Å². The highest BCUT2D eigenvalue weighted by Gasteiger charge is 2.17. The van der Waals surface area contributed by atoms with Crippen molar-refractivity contribution in [1.82, 2.24) is 9.97 Å². The zero-order chi connectivity index (χ0) is 13.2. The minimum Gasteiger partial charge on any atom is -0.334 e. The molecule has 8 heteroatoms. The van der Waals surface area contributed by atoms with Gasteiger partial charge < -0.3 is 4.98 Å². The second-order valence-electron chi connectivity index (χ2n) is 3.32. The lowest BCUT2D eigenvalue weighted by Crippen LogP contribution is -2.14. The summed E-state index contributed by atoms with van der Waals surface area (Å²) in [5, 5.41) is 8.85. The lowest BCUT2D eigenvalue weighted by atomic mass is 10.2. The quantitative estimate of drug-likeness (QED) is 0.898. The molecule has 0 radical (unpaired) electrons. The van der Waals surface area contributed by atoms with Gasteiger partial charge in [0.1, 0.15) is 6.07 Å². The van der Waals surface area contributed by atoms with Crippen LogP contribution in [-0.2, 0) is 10.0 Å². The number of halogens is 1. The Labute approximate surface area is 112 Å². The summed E-state index contributed by atoms with van der Waals surface area (Å²) in [6, 6.07) is 6.62. The van der Waals surface area contributed by atoms with Crippen molar-refractivity contribution < 1.29 is 8.42 Å². The molecule has 0 spiro atoms. The van der Waals surface area contributed by atoms with Gasteiger partial charge >= 0.3 is 0 Å². The van der Waals surface area contributed by atoms with Crippen molar-refractivity contribution in [3.05, 3.63) is 40.8 Å². The average Bonchev–Trinajstić information content (AvgIpc) is 2.83. The third kappa shape index (κ3) is 2.52. The molecule has 1 aromatic heterocycles. The maximum absolute atomic E-state index is 11.9. The summed E-state index contributed by atoms with van der Waals surface area (Å²) < 4.78 is 26.9. The van der Waals surface area contributed by atoms with Crippen molar-refractivity contribution in [3.63, 3.8) is 0 Å². The normalized spacial score (nSPS) is 10.9. The molecule has 0 saturated carbocycles. The van der Waals surface area contributed by atoms with Gasteiger partial charge in [-0.2, -0.15) is 13.7 Å². The number of H-pyrrole nitrogens is 1. The molecule has 0 fully saturated rings. The zero-order valence-electron chi connectivity index (χ0n) is 8.88. The van der Waals surface area contributed by atoms with E-state index in [0.29, 0.717) is 4.47 Å². The van der Waals surface area contributed by atoms with Crippen LogP contribution < -0.4 is 4.72 Å². The Balaban J connectivity index is 2.41. The van der Waals surface area contributed by atoms with E-state index in [9.17, 15) is 8.42 Å². The van der Waals surface area contributed by atoms with Crippen molar-refractivity contribution in [2.75, 3.05) is 4.72 Å². The van der Waals surface area contributed by atoms with E-state index in [1.807, 2.05) is 6.07 Å². The topological polar surface area (TPSA) is 98.6 Å². The van der Waals surface area contributed by atoms with Crippen LogP contribution in [0.2, 0.25) is 0 Å². The summed E-state index contributed by atoms with van der Waals surface area (Å²) in [6.07, 6.45) is 2.45. The third-order valence-corrected chi connectivity index (χ3v) is 3.89. The lowest BCUT2D eigenvalue weighted by Gasteiger charge is -2.08. The molecule has 0 saturated heterocycles. The van der Waals surface area contributed by atoms with Gasteiger partial charge in [-0.15, -0.1) is 0 Å².